The van der Waals surface area contributed by atoms with Crippen LogP contribution >= 0.6 is 11.8 Å². The average molecular weight is 871 g/mol. The van der Waals surface area contributed by atoms with Crippen LogP contribution in [0.5, 0.6) is 0 Å². The largest absolute Gasteiger partial charge is 2.00 e. The van der Waals surface area contributed by atoms with E-state index in [1.54, 1.807) is 11.8 Å². The molecule has 0 radical (unpaired) electrons. The van der Waals surface area contributed by atoms with E-state index in [1.807, 2.05) is 72.8 Å². The summed E-state index contributed by atoms with van der Waals surface area (Å²) < 4.78 is 0.718. The summed E-state index contributed by atoms with van der Waals surface area (Å²) in [6.07, 6.45) is 0. The monoisotopic (exact) mass is 869 g/mol. The number of rotatable bonds is 3. The van der Waals surface area contributed by atoms with Crippen LogP contribution in [0.15, 0.2) is 125 Å². The summed E-state index contributed by atoms with van der Waals surface area (Å²) in [4.78, 5) is 42.6. The molecule has 8 bridgehead atoms. The quantitative estimate of drug-likeness (QED) is 0.130. The molecule has 10 rings (SSSR count). The van der Waals surface area contributed by atoms with Gasteiger partial charge in [0.25, 0.3) is 0 Å². The number of aromatic nitrogens is 8. The first-order chi connectivity index (χ1) is 24.9. The normalized spacial score (nSPS) is 11.8. The Bertz CT molecular complexity index is 2910. The van der Waals surface area contributed by atoms with Crippen LogP contribution in [0.3, 0.4) is 0 Å². The number of nitrogens with zero attached hydrogens (tertiary/aromatic N) is 9. The van der Waals surface area contributed by atoms with Crippen LogP contribution in [0, 0.1) is 0 Å². The number of fused-ring (bicyclic) bond motifs is 20. The minimum absolute atomic E-state index is 0. The van der Waals surface area contributed by atoms with Gasteiger partial charge in [0.1, 0.15) is 5.69 Å². The average Bonchev–Trinajstić information content (AvgIpc) is 3.87. The van der Waals surface area contributed by atoms with Crippen LogP contribution in [0.4, 0.5) is 5.69 Å². The molecule has 53 heavy (non-hydrogen) atoms. The Balaban J connectivity index is 0.00000200. The summed E-state index contributed by atoms with van der Waals surface area (Å²) in [7, 11) is 6.51. The van der Waals surface area contributed by atoms with Crippen molar-refractivity contribution in [1.29, 1.82) is 0 Å². The van der Waals surface area contributed by atoms with Gasteiger partial charge >= 0.3 is 19.5 Å². The molecule has 0 atom stereocenters. The van der Waals surface area contributed by atoms with Crippen molar-refractivity contribution in [3.8, 4) is 45.6 Å². The predicted octanol–water partition coefficient (Wildman–Crippen LogP) is 5.48. The van der Waals surface area contributed by atoms with Gasteiger partial charge in [0.05, 0.1) is 44.4 Å². The molecule has 0 spiro atoms. The summed E-state index contributed by atoms with van der Waals surface area (Å²) in [6, 6.07) is 38.9. The smallest absolute Gasteiger partial charge is 1.00 e. The van der Waals surface area contributed by atoms with Gasteiger partial charge in [-0.1, -0.05) is 103 Å². The van der Waals surface area contributed by atoms with Gasteiger partial charge in [-0.3, -0.25) is 4.48 Å². The van der Waals surface area contributed by atoms with E-state index in [0.717, 1.165) is 58.1 Å². The second-order valence-electron chi connectivity index (χ2n) is 13.4. The summed E-state index contributed by atoms with van der Waals surface area (Å²) in [6.45, 7) is 0. The molecule has 8 aromatic rings. The van der Waals surface area contributed by atoms with Crippen LogP contribution < -0.4 is 38.4 Å². The fourth-order valence-corrected chi connectivity index (χ4v) is 7.73. The maximum absolute atomic E-state index is 5.19. The van der Waals surface area contributed by atoms with E-state index < -0.39 is 0 Å². The third-order valence-electron chi connectivity index (χ3n) is 9.23. The molecule has 5 heterocycles. The topological polar surface area (TPSA) is 106 Å². The van der Waals surface area contributed by atoms with Gasteiger partial charge in [0.2, 0.25) is 0 Å². The first kappa shape index (κ1) is 35.2. The molecule has 0 N–H and O–H groups in total. The zero-order valence-corrected chi connectivity index (χ0v) is 34.9. The Hall–Kier alpha value is -4.88. The van der Waals surface area contributed by atoms with Gasteiger partial charge in [-0.15, -0.1) is 0 Å². The minimum atomic E-state index is 0. The number of quaternary nitrogens is 1. The Morgan fingerprint density at radius 2 is 0.906 bits per heavy atom. The Kier molecular flexibility index (Phi) is 8.97. The summed E-state index contributed by atoms with van der Waals surface area (Å²) in [5.74, 6) is 2.16. The van der Waals surface area contributed by atoms with Crippen molar-refractivity contribution in [2.24, 2.45) is 0 Å². The number of halogens is 1. The second kappa shape index (κ2) is 13.5. The minimum Gasteiger partial charge on any atom is -1.00 e. The van der Waals surface area contributed by atoms with Gasteiger partial charge in [-0.25, -0.2) is 9.97 Å². The zero-order chi connectivity index (χ0) is 34.3. The molecule has 0 unspecified atom stereocenters. The van der Waals surface area contributed by atoms with Gasteiger partial charge < -0.3 is 53.9 Å². The van der Waals surface area contributed by atoms with Crippen molar-refractivity contribution >= 4 is 61.6 Å². The fourth-order valence-electron chi connectivity index (χ4n) is 6.70. The van der Waals surface area contributed by atoms with E-state index in [4.69, 9.17) is 39.9 Å². The Labute approximate surface area is 338 Å². The van der Waals surface area contributed by atoms with E-state index >= 15 is 0 Å². The van der Waals surface area contributed by atoms with Gasteiger partial charge in [-0.05, 0) is 39.7 Å². The molecule has 0 saturated carbocycles. The van der Waals surface area contributed by atoms with Crippen LogP contribution in [0.2, 0.25) is 0 Å². The van der Waals surface area contributed by atoms with E-state index in [2.05, 4.69) is 63.6 Å². The van der Waals surface area contributed by atoms with Gasteiger partial charge in [0.15, 0.2) is 0 Å². The molecule has 2 aliphatic rings. The summed E-state index contributed by atoms with van der Waals surface area (Å²) in [5.41, 5.74) is 6.92. The van der Waals surface area contributed by atoms with Crippen molar-refractivity contribution in [2.45, 2.75) is 9.79 Å². The standard InChI is InChI=1S/C41H28N9S.HI.Zn/c1-50(2,3)23-12-10-13-24(22-23)51-32-21-11-20-31-33(32)41-48-39-30-19-9-8-18-29(30)37(46-39)44-35-26-15-5-4-14-25(26)34(42-35)43-36-27-16-6-7-17-28(27)38(45-36)47-40(31)49-41;;/h4-22H,1-3H3;1H;/q-1;;+2/p-1. The molecule has 5 aromatic carbocycles. The zero-order valence-electron chi connectivity index (χ0n) is 29.0. The molecule has 0 amide bonds. The van der Waals surface area contributed by atoms with Crippen LogP contribution in [0.25, 0.3) is 89.7 Å². The SMILES string of the molecule is C[N+](C)(C)c1cccc(Sc2cccc3c2-c2nc-3nc3[n-]c(nc4nc(nc5[n-]c(n2)c2ccccc52)-c2ccccc2-4)c2ccccc32)c1.[I-].[Zn+2]. The maximum atomic E-state index is 5.19. The molecule has 252 valence electrons. The third kappa shape index (κ3) is 6.03. The van der Waals surface area contributed by atoms with Crippen molar-refractivity contribution in [3.05, 3.63) is 115 Å². The summed E-state index contributed by atoms with van der Waals surface area (Å²) in [5, 5.41) is 3.52. The second-order valence-corrected chi connectivity index (χ2v) is 14.5. The van der Waals surface area contributed by atoms with Crippen LogP contribution in [0.1, 0.15) is 0 Å². The molecular formula is C41H28IN9SZn. The van der Waals surface area contributed by atoms with Gasteiger partial charge in [-0.2, -0.15) is 0 Å². The molecule has 0 saturated heterocycles. The van der Waals surface area contributed by atoms with Crippen molar-refractivity contribution < 1.29 is 43.5 Å². The Morgan fingerprint density at radius 3 is 1.43 bits per heavy atom. The molecule has 0 fully saturated rings. The van der Waals surface area contributed by atoms with Crippen molar-refractivity contribution in [2.75, 3.05) is 21.1 Å². The number of hydrogen-bond donors (Lipinski definition) is 0. The molecular weight excluding hydrogens is 843 g/mol. The first-order valence-corrected chi connectivity index (χ1v) is 17.4. The van der Waals surface area contributed by atoms with E-state index in [9.17, 15) is 0 Å². The van der Waals surface area contributed by atoms with E-state index in [-0.39, 0.29) is 43.5 Å². The maximum Gasteiger partial charge on any atom is 2.00 e. The molecule has 3 aromatic heterocycles. The molecule has 0 aliphatic carbocycles. The van der Waals surface area contributed by atoms with Crippen molar-refractivity contribution in [1.82, 2.24) is 44.4 Å². The van der Waals surface area contributed by atoms with E-state index in [0.29, 0.717) is 45.9 Å². The van der Waals surface area contributed by atoms with Gasteiger partial charge in [0, 0.05) is 60.7 Å². The molecule has 12 heteroatoms. The van der Waals surface area contributed by atoms with Crippen LogP contribution in [-0.2, 0) is 19.5 Å². The van der Waals surface area contributed by atoms with Crippen molar-refractivity contribution in [3.63, 3.8) is 0 Å². The predicted molar refractivity (Wildman–Crippen MR) is 204 cm³/mol. The third-order valence-corrected chi connectivity index (χ3v) is 10.3. The number of benzene rings is 5. The Morgan fingerprint density at radius 1 is 0.472 bits per heavy atom. The fraction of sp³-hybridized carbons (Fsp3) is 0.0732. The molecule has 2 aliphatic heterocycles. The van der Waals surface area contributed by atoms with Crippen LogP contribution in [-0.4, -0.2) is 51.0 Å². The first-order valence-electron chi connectivity index (χ1n) is 16.6. The number of hydrogen-bond acceptors (Lipinski definition) is 7. The van der Waals surface area contributed by atoms with E-state index in [1.165, 1.54) is 5.69 Å². The molecule has 9 nitrogen and oxygen atoms in total. The summed E-state index contributed by atoms with van der Waals surface area (Å²) >= 11 is 1.69.